The molecule has 0 saturated heterocycles. The van der Waals surface area contributed by atoms with Gasteiger partial charge in [0.2, 0.25) is 0 Å². The molecule has 0 heterocycles. The van der Waals surface area contributed by atoms with Gasteiger partial charge >= 0.3 is 0 Å². The summed E-state index contributed by atoms with van der Waals surface area (Å²) in [5.74, 6) is -0.913. The molecule has 0 saturated carbocycles. The van der Waals surface area contributed by atoms with Gasteiger partial charge in [-0.1, -0.05) is 6.58 Å². The van der Waals surface area contributed by atoms with E-state index >= 15 is 0 Å². The highest BCUT2D eigenvalue weighted by atomic mass is 19.1. The zero-order chi connectivity index (χ0) is 11.4. The molecule has 0 aliphatic heterocycles. The summed E-state index contributed by atoms with van der Waals surface area (Å²) in [5, 5.41) is 0. The van der Waals surface area contributed by atoms with Crippen molar-refractivity contribution in [1.82, 2.24) is 0 Å². The maximum atomic E-state index is 13.3. The highest BCUT2D eigenvalue weighted by Crippen LogP contribution is 2.31. The van der Waals surface area contributed by atoms with Gasteiger partial charge in [0.05, 0.1) is 14.2 Å². The third-order valence-electron chi connectivity index (χ3n) is 1.93. The molecule has 1 rings (SSSR count). The van der Waals surface area contributed by atoms with E-state index in [4.69, 9.17) is 9.47 Å². The summed E-state index contributed by atoms with van der Waals surface area (Å²) in [6, 6.07) is 2.55. The standard InChI is InChI=1S/C11H11FO3/c1-4-8(13)10-9(14-2)6-5-7(12)11(10)15-3/h4-6H,1H2,2-3H3. The molecule has 80 valence electrons. The maximum Gasteiger partial charge on any atom is 0.192 e. The Morgan fingerprint density at radius 3 is 2.53 bits per heavy atom. The molecular formula is C11H11FO3. The van der Waals surface area contributed by atoms with Crippen molar-refractivity contribution >= 4 is 5.78 Å². The fraction of sp³-hybridized carbons (Fsp3) is 0.182. The van der Waals surface area contributed by atoms with Crippen molar-refractivity contribution in [3.63, 3.8) is 0 Å². The zero-order valence-corrected chi connectivity index (χ0v) is 8.54. The number of ketones is 1. The lowest BCUT2D eigenvalue weighted by atomic mass is 10.1. The first kappa shape index (κ1) is 11.2. The number of hydrogen-bond donors (Lipinski definition) is 0. The van der Waals surface area contributed by atoms with E-state index in [0.29, 0.717) is 0 Å². The van der Waals surface area contributed by atoms with Crippen LogP contribution in [0.5, 0.6) is 11.5 Å². The average Bonchev–Trinajstić information content (AvgIpc) is 2.27. The van der Waals surface area contributed by atoms with Crippen LogP contribution in [-0.2, 0) is 0 Å². The predicted molar refractivity (Wildman–Crippen MR) is 54.0 cm³/mol. The Labute approximate surface area is 87.1 Å². The van der Waals surface area contributed by atoms with E-state index in [1.165, 1.54) is 26.4 Å². The Hall–Kier alpha value is -1.84. The summed E-state index contributed by atoms with van der Waals surface area (Å²) in [5.41, 5.74) is 0.0509. The molecule has 0 atom stereocenters. The molecule has 15 heavy (non-hydrogen) atoms. The first-order chi connectivity index (χ1) is 7.15. The summed E-state index contributed by atoms with van der Waals surface area (Å²) < 4.78 is 23.1. The van der Waals surface area contributed by atoms with Crippen LogP contribution in [-0.4, -0.2) is 20.0 Å². The number of allylic oxidation sites excluding steroid dienone is 1. The fourth-order valence-corrected chi connectivity index (χ4v) is 1.24. The normalized spacial score (nSPS) is 9.53. The fourth-order valence-electron chi connectivity index (χ4n) is 1.24. The molecule has 0 fully saturated rings. The van der Waals surface area contributed by atoms with Gasteiger partial charge in [0.25, 0.3) is 0 Å². The van der Waals surface area contributed by atoms with Crippen LogP contribution in [0.1, 0.15) is 10.4 Å². The zero-order valence-electron chi connectivity index (χ0n) is 8.54. The monoisotopic (exact) mass is 210 g/mol. The van der Waals surface area contributed by atoms with E-state index < -0.39 is 11.6 Å². The predicted octanol–water partition coefficient (Wildman–Crippen LogP) is 2.21. The average molecular weight is 210 g/mol. The minimum Gasteiger partial charge on any atom is -0.496 e. The Morgan fingerprint density at radius 1 is 1.40 bits per heavy atom. The largest absolute Gasteiger partial charge is 0.496 e. The Balaban J connectivity index is 3.46. The van der Waals surface area contributed by atoms with Gasteiger partial charge in [0.15, 0.2) is 17.3 Å². The van der Waals surface area contributed by atoms with Crippen LogP contribution in [0.25, 0.3) is 0 Å². The quantitative estimate of drug-likeness (QED) is 0.564. The van der Waals surface area contributed by atoms with Crippen LogP contribution < -0.4 is 9.47 Å². The van der Waals surface area contributed by atoms with Gasteiger partial charge in [0, 0.05) is 0 Å². The minimum absolute atomic E-state index is 0.0509. The van der Waals surface area contributed by atoms with E-state index in [0.717, 1.165) is 6.08 Å². The molecule has 3 nitrogen and oxygen atoms in total. The second kappa shape index (κ2) is 4.59. The van der Waals surface area contributed by atoms with Gasteiger partial charge in [-0.15, -0.1) is 0 Å². The summed E-state index contributed by atoms with van der Waals surface area (Å²) in [6.45, 7) is 3.33. The van der Waals surface area contributed by atoms with Gasteiger partial charge in [-0.3, -0.25) is 4.79 Å². The summed E-state index contributed by atoms with van der Waals surface area (Å²) in [4.78, 5) is 11.5. The van der Waals surface area contributed by atoms with Gasteiger partial charge in [-0.05, 0) is 18.2 Å². The van der Waals surface area contributed by atoms with Crippen molar-refractivity contribution in [1.29, 1.82) is 0 Å². The summed E-state index contributed by atoms with van der Waals surface area (Å²) >= 11 is 0. The second-order valence-electron chi connectivity index (χ2n) is 2.73. The van der Waals surface area contributed by atoms with Crippen LogP contribution in [0, 0.1) is 5.82 Å². The van der Waals surface area contributed by atoms with Crippen LogP contribution >= 0.6 is 0 Å². The molecule has 0 aliphatic rings. The highest BCUT2D eigenvalue weighted by Gasteiger charge is 2.19. The summed E-state index contributed by atoms with van der Waals surface area (Å²) in [7, 11) is 2.68. The number of hydrogen-bond acceptors (Lipinski definition) is 3. The van der Waals surface area contributed by atoms with E-state index in [1.54, 1.807) is 0 Å². The summed E-state index contributed by atoms with van der Waals surface area (Å²) in [6.07, 6.45) is 1.08. The van der Waals surface area contributed by atoms with Crippen LogP contribution in [0.15, 0.2) is 24.8 Å². The van der Waals surface area contributed by atoms with Crippen molar-refractivity contribution in [2.24, 2.45) is 0 Å². The Bertz CT molecular complexity index is 399. The van der Waals surface area contributed by atoms with Crippen molar-refractivity contribution in [2.75, 3.05) is 14.2 Å². The Kier molecular flexibility index (Phi) is 3.44. The maximum absolute atomic E-state index is 13.3. The van der Waals surface area contributed by atoms with Gasteiger partial charge in [0.1, 0.15) is 11.3 Å². The van der Waals surface area contributed by atoms with Crippen molar-refractivity contribution in [3.05, 3.63) is 36.2 Å². The van der Waals surface area contributed by atoms with Crippen molar-refractivity contribution in [2.45, 2.75) is 0 Å². The molecule has 0 aromatic heterocycles. The van der Waals surface area contributed by atoms with E-state index in [2.05, 4.69) is 6.58 Å². The number of methoxy groups -OCH3 is 2. The van der Waals surface area contributed by atoms with Crippen LogP contribution in [0.2, 0.25) is 0 Å². The number of carbonyl (C=O) groups is 1. The smallest absolute Gasteiger partial charge is 0.192 e. The topological polar surface area (TPSA) is 35.5 Å². The molecule has 1 aromatic carbocycles. The van der Waals surface area contributed by atoms with Gasteiger partial charge in [-0.25, -0.2) is 4.39 Å². The molecule has 0 N–H and O–H groups in total. The van der Waals surface area contributed by atoms with Crippen molar-refractivity contribution in [3.8, 4) is 11.5 Å². The molecule has 0 radical (unpaired) electrons. The molecule has 0 spiro atoms. The number of ether oxygens (including phenoxy) is 2. The van der Waals surface area contributed by atoms with Gasteiger partial charge in [-0.2, -0.15) is 0 Å². The first-order valence-corrected chi connectivity index (χ1v) is 4.23. The number of benzene rings is 1. The second-order valence-corrected chi connectivity index (χ2v) is 2.73. The van der Waals surface area contributed by atoms with Crippen LogP contribution in [0.3, 0.4) is 0 Å². The SMILES string of the molecule is C=CC(=O)c1c(OC)ccc(F)c1OC. The molecule has 1 aromatic rings. The highest BCUT2D eigenvalue weighted by molar-refractivity contribution is 6.08. The number of halogens is 1. The van der Waals surface area contributed by atoms with Crippen molar-refractivity contribution < 1.29 is 18.7 Å². The molecule has 0 bridgehead atoms. The van der Waals surface area contributed by atoms with E-state index in [-0.39, 0.29) is 17.1 Å². The molecular weight excluding hydrogens is 199 g/mol. The van der Waals surface area contributed by atoms with E-state index in [9.17, 15) is 9.18 Å². The Morgan fingerprint density at radius 2 is 2.07 bits per heavy atom. The molecule has 4 heteroatoms. The first-order valence-electron chi connectivity index (χ1n) is 4.23. The molecule has 0 unspecified atom stereocenters. The third-order valence-corrected chi connectivity index (χ3v) is 1.93. The minimum atomic E-state index is -0.608. The number of rotatable bonds is 4. The third kappa shape index (κ3) is 1.98. The number of carbonyl (C=O) groups excluding carboxylic acids is 1. The lowest BCUT2D eigenvalue weighted by molar-refractivity contribution is 0.104. The van der Waals surface area contributed by atoms with Gasteiger partial charge < -0.3 is 9.47 Å². The molecule has 0 aliphatic carbocycles. The van der Waals surface area contributed by atoms with E-state index in [1.807, 2.05) is 0 Å². The van der Waals surface area contributed by atoms with Crippen LogP contribution in [0.4, 0.5) is 4.39 Å². The molecule has 0 amide bonds. The lowest BCUT2D eigenvalue weighted by Crippen LogP contribution is -2.04. The lowest BCUT2D eigenvalue weighted by Gasteiger charge is -2.11.